The van der Waals surface area contributed by atoms with Gasteiger partial charge >= 0.3 is 0 Å². The van der Waals surface area contributed by atoms with Gasteiger partial charge in [0.05, 0.1) is 16.0 Å². The summed E-state index contributed by atoms with van der Waals surface area (Å²) >= 11 is 3.22. The molecule has 0 spiro atoms. The SMILES string of the molecule is CC(C)c1nc(C2CCCN2c2ccc3cc(Br)c(F)cc3n2)no1. The number of aromatic nitrogens is 3. The van der Waals surface area contributed by atoms with E-state index >= 15 is 0 Å². The Labute approximate surface area is 153 Å². The third-order valence-corrected chi connectivity index (χ3v) is 5.12. The van der Waals surface area contributed by atoms with Gasteiger partial charge in [-0.25, -0.2) is 9.37 Å². The summed E-state index contributed by atoms with van der Waals surface area (Å²) in [5, 5.41) is 5.06. The first-order valence-electron chi connectivity index (χ1n) is 8.39. The van der Waals surface area contributed by atoms with Crippen LogP contribution in [-0.2, 0) is 0 Å². The van der Waals surface area contributed by atoms with Gasteiger partial charge in [0.1, 0.15) is 11.6 Å². The van der Waals surface area contributed by atoms with Crippen LogP contribution in [0.25, 0.3) is 10.9 Å². The van der Waals surface area contributed by atoms with Crippen molar-refractivity contribution < 1.29 is 8.91 Å². The number of nitrogens with zero attached hydrogens (tertiary/aromatic N) is 4. The van der Waals surface area contributed by atoms with Crippen molar-refractivity contribution in [3.8, 4) is 0 Å². The van der Waals surface area contributed by atoms with Gasteiger partial charge in [0, 0.05) is 23.9 Å². The Kier molecular flexibility index (Phi) is 4.19. The van der Waals surface area contributed by atoms with Crippen LogP contribution in [0.3, 0.4) is 0 Å². The van der Waals surface area contributed by atoms with Crippen molar-refractivity contribution in [1.29, 1.82) is 0 Å². The second-order valence-corrected chi connectivity index (χ2v) is 7.48. The lowest BCUT2D eigenvalue weighted by molar-refractivity contribution is 0.358. The topological polar surface area (TPSA) is 55.1 Å². The highest BCUT2D eigenvalue weighted by atomic mass is 79.9. The fourth-order valence-electron chi connectivity index (χ4n) is 3.19. The van der Waals surface area contributed by atoms with Gasteiger partial charge in [-0.3, -0.25) is 0 Å². The predicted octanol–water partition coefficient (Wildman–Crippen LogP) is 4.98. The molecule has 1 saturated heterocycles. The van der Waals surface area contributed by atoms with Crippen LogP contribution in [0.4, 0.5) is 10.2 Å². The van der Waals surface area contributed by atoms with Crippen molar-refractivity contribution in [3.63, 3.8) is 0 Å². The molecule has 3 heterocycles. The molecule has 4 rings (SSSR count). The van der Waals surface area contributed by atoms with Crippen molar-refractivity contribution in [2.24, 2.45) is 0 Å². The Balaban J connectivity index is 1.69. The predicted molar refractivity (Wildman–Crippen MR) is 97.1 cm³/mol. The Morgan fingerprint density at radius 2 is 2.12 bits per heavy atom. The number of halogens is 2. The molecule has 7 heteroatoms. The fraction of sp³-hybridized carbons (Fsp3) is 0.389. The minimum Gasteiger partial charge on any atom is -0.346 e. The maximum absolute atomic E-state index is 13.8. The normalized spacial score (nSPS) is 17.8. The lowest BCUT2D eigenvalue weighted by Crippen LogP contribution is -2.24. The first-order valence-corrected chi connectivity index (χ1v) is 9.18. The van der Waals surface area contributed by atoms with Crippen molar-refractivity contribution in [3.05, 3.63) is 46.3 Å². The molecule has 0 amide bonds. The van der Waals surface area contributed by atoms with E-state index < -0.39 is 0 Å². The quantitative estimate of drug-likeness (QED) is 0.615. The van der Waals surface area contributed by atoms with Crippen molar-refractivity contribution in [2.45, 2.75) is 38.6 Å². The third-order valence-electron chi connectivity index (χ3n) is 4.51. The lowest BCUT2D eigenvalue weighted by atomic mass is 10.2. The van der Waals surface area contributed by atoms with Crippen molar-refractivity contribution in [1.82, 2.24) is 15.1 Å². The standard InChI is InChI=1S/C18H18BrFN4O/c1-10(2)18-22-17(23-25-18)15-4-3-7-24(15)16-6-5-11-8-12(19)13(20)9-14(11)21-16/h5-6,8-10,15H,3-4,7H2,1-2H3. The second-order valence-electron chi connectivity index (χ2n) is 6.63. The summed E-state index contributed by atoms with van der Waals surface area (Å²) in [6, 6.07) is 7.18. The zero-order valence-corrected chi connectivity index (χ0v) is 15.6. The minimum atomic E-state index is -0.310. The van der Waals surface area contributed by atoms with Crippen LogP contribution in [0.15, 0.2) is 33.3 Å². The first kappa shape index (κ1) is 16.4. The van der Waals surface area contributed by atoms with E-state index in [4.69, 9.17) is 4.52 Å². The van der Waals surface area contributed by atoms with Crippen LogP contribution in [0, 0.1) is 5.82 Å². The van der Waals surface area contributed by atoms with E-state index in [1.807, 2.05) is 26.0 Å². The molecule has 2 aromatic heterocycles. The molecule has 1 aromatic carbocycles. The van der Waals surface area contributed by atoms with Crippen LogP contribution in [0.2, 0.25) is 0 Å². The zero-order valence-electron chi connectivity index (χ0n) is 14.0. The van der Waals surface area contributed by atoms with E-state index in [0.717, 1.165) is 30.6 Å². The van der Waals surface area contributed by atoms with Crippen LogP contribution >= 0.6 is 15.9 Å². The molecular formula is C18H18BrFN4O. The van der Waals surface area contributed by atoms with Gasteiger partial charge in [-0.15, -0.1) is 0 Å². The van der Waals surface area contributed by atoms with E-state index in [9.17, 15) is 4.39 Å². The summed E-state index contributed by atoms with van der Waals surface area (Å²) in [6.45, 7) is 4.93. The Hall–Kier alpha value is -2.02. The highest BCUT2D eigenvalue weighted by Crippen LogP contribution is 2.35. The van der Waals surface area contributed by atoms with Crippen LogP contribution in [0.5, 0.6) is 0 Å². The molecular weight excluding hydrogens is 387 g/mol. The molecule has 1 aliphatic heterocycles. The Bertz CT molecular complexity index is 927. The summed E-state index contributed by atoms with van der Waals surface area (Å²) in [6.07, 6.45) is 1.98. The summed E-state index contributed by atoms with van der Waals surface area (Å²) in [5.41, 5.74) is 0.639. The molecule has 0 saturated carbocycles. The van der Waals surface area contributed by atoms with Gasteiger partial charge in [-0.05, 0) is 47.0 Å². The summed E-state index contributed by atoms with van der Waals surface area (Å²) in [7, 11) is 0. The van der Waals surface area contributed by atoms with Gasteiger partial charge in [-0.2, -0.15) is 4.98 Å². The average molecular weight is 405 g/mol. The van der Waals surface area contributed by atoms with E-state index in [1.54, 1.807) is 6.07 Å². The lowest BCUT2D eigenvalue weighted by Gasteiger charge is -2.23. The number of rotatable bonds is 3. The minimum absolute atomic E-state index is 0.0431. The number of hydrogen-bond donors (Lipinski definition) is 0. The van der Waals surface area contributed by atoms with E-state index in [2.05, 4.69) is 36.0 Å². The number of benzene rings is 1. The molecule has 1 aliphatic rings. The fourth-order valence-corrected chi connectivity index (χ4v) is 3.55. The zero-order chi connectivity index (χ0) is 17.6. The molecule has 1 unspecified atom stereocenters. The van der Waals surface area contributed by atoms with E-state index in [-0.39, 0.29) is 17.8 Å². The number of fused-ring (bicyclic) bond motifs is 1. The largest absolute Gasteiger partial charge is 0.346 e. The van der Waals surface area contributed by atoms with E-state index in [0.29, 0.717) is 21.7 Å². The van der Waals surface area contributed by atoms with E-state index in [1.165, 1.54) is 6.07 Å². The first-order chi connectivity index (χ1) is 12.0. The monoisotopic (exact) mass is 404 g/mol. The molecule has 1 atom stereocenters. The van der Waals surface area contributed by atoms with Gasteiger partial charge in [0.2, 0.25) is 5.89 Å². The third kappa shape index (κ3) is 3.01. The molecule has 0 radical (unpaired) electrons. The van der Waals surface area contributed by atoms with Gasteiger partial charge in [-0.1, -0.05) is 19.0 Å². The molecule has 130 valence electrons. The Morgan fingerprint density at radius 1 is 1.28 bits per heavy atom. The van der Waals surface area contributed by atoms with Crippen molar-refractivity contribution >= 4 is 32.7 Å². The van der Waals surface area contributed by atoms with Crippen LogP contribution in [0.1, 0.15) is 50.4 Å². The summed E-state index contributed by atoms with van der Waals surface area (Å²) < 4.78 is 19.6. The van der Waals surface area contributed by atoms with Gasteiger partial charge in [0.15, 0.2) is 5.82 Å². The highest BCUT2D eigenvalue weighted by molar-refractivity contribution is 9.10. The molecule has 5 nitrogen and oxygen atoms in total. The average Bonchev–Trinajstić information content (AvgIpc) is 3.24. The number of anilines is 1. The maximum atomic E-state index is 13.8. The van der Waals surface area contributed by atoms with Crippen LogP contribution < -0.4 is 4.90 Å². The van der Waals surface area contributed by atoms with Gasteiger partial charge in [0.25, 0.3) is 0 Å². The molecule has 1 fully saturated rings. The van der Waals surface area contributed by atoms with Crippen molar-refractivity contribution in [2.75, 3.05) is 11.4 Å². The summed E-state index contributed by atoms with van der Waals surface area (Å²) in [5.74, 6) is 2.06. The summed E-state index contributed by atoms with van der Waals surface area (Å²) in [4.78, 5) is 11.4. The second kappa shape index (κ2) is 6.37. The maximum Gasteiger partial charge on any atom is 0.229 e. The number of hydrogen-bond acceptors (Lipinski definition) is 5. The highest BCUT2D eigenvalue weighted by Gasteiger charge is 2.31. The smallest absolute Gasteiger partial charge is 0.229 e. The Morgan fingerprint density at radius 3 is 2.88 bits per heavy atom. The van der Waals surface area contributed by atoms with Crippen LogP contribution in [-0.4, -0.2) is 21.7 Å². The molecule has 0 N–H and O–H groups in total. The molecule has 0 bridgehead atoms. The molecule has 25 heavy (non-hydrogen) atoms. The van der Waals surface area contributed by atoms with Gasteiger partial charge < -0.3 is 9.42 Å². The molecule has 3 aromatic rings. The molecule has 0 aliphatic carbocycles. The number of pyridine rings is 1.